The van der Waals surface area contributed by atoms with Crippen LogP contribution in [0.5, 0.6) is 0 Å². The van der Waals surface area contributed by atoms with Crippen molar-refractivity contribution in [2.45, 2.75) is 38.8 Å². The molecular weight excluding hydrogens is 435 g/mol. The van der Waals surface area contributed by atoms with Gasteiger partial charge in [-0.15, -0.1) is 0 Å². The third-order valence-corrected chi connectivity index (χ3v) is 7.00. The number of piperidine rings is 1. The number of halogens is 1. The summed E-state index contributed by atoms with van der Waals surface area (Å²) < 4.78 is 13.9. The fraction of sp³-hybridized carbons (Fsp3) is 0.423. The van der Waals surface area contributed by atoms with Gasteiger partial charge in [0.25, 0.3) is 0 Å². The highest BCUT2D eigenvalue weighted by Gasteiger charge is 2.56. The average molecular weight is 467 g/mol. The van der Waals surface area contributed by atoms with Crippen molar-refractivity contribution < 1.29 is 18.8 Å². The van der Waals surface area contributed by atoms with Crippen molar-refractivity contribution in [2.24, 2.45) is 5.92 Å². The normalized spacial score (nSPS) is 24.4. The number of nitrogens with one attached hydrogen (secondary N) is 2. The highest BCUT2D eigenvalue weighted by molar-refractivity contribution is 5.92. The largest absolute Gasteiger partial charge is 0.349 e. The van der Waals surface area contributed by atoms with E-state index >= 15 is 0 Å². The van der Waals surface area contributed by atoms with Gasteiger partial charge >= 0.3 is 0 Å². The Morgan fingerprint density at radius 3 is 2.50 bits per heavy atom. The maximum absolute atomic E-state index is 13.9. The molecule has 2 N–H and O–H groups in total. The zero-order valence-electron chi connectivity index (χ0n) is 19.8. The van der Waals surface area contributed by atoms with Gasteiger partial charge in [-0.1, -0.05) is 36.4 Å². The Balaban J connectivity index is 1.56. The van der Waals surface area contributed by atoms with Gasteiger partial charge in [0.05, 0.1) is 18.1 Å². The summed E-state index contributed by atoms with van der Waals surface area (Å²) in [7, 11) is 0. The van der Waals surface area contributed by atoms with Crippen LogP contribution in [-0.4, -0.2) is 59.2 Å². The molecule has 2 aromatic rings. The van der Waals surface area contributed by atoms with E-state index in [1.165, 1.54) is 13.0 Å². The molecule has 2 saturated heterocycles. The Morgan fingerprint density at radius 1 is 1.12 bits per heavy atom. The van der Waals surface area contributed by atoms with Crippen molar-refractivity contribution in [2.75, 3.05) is 31.5 Å². The molecule has 180 valence electrons. The minimum absolute atomic E-state index is 0.0429. The molecule has 0 aromatic heterocycles. The number of hydrogen-bond acceptors (Lipinski definition) is 4. The lowest BCUT2D eigenvalue weighted by atomic mass is 9.75. The van der Waals surface area contributed by atoms with Crippen LogP contribution in [0, 0.1) is 18.7 Å². The van der Waals surface area contributed by atoms with Crippen molar-refractivity contribution in [3.63, 3.8) is 0 Å². The van der Waals surface area contributed by atoms with Gasteiger partial charge < -0.3 is 15.5 Å². The molecule has 4 rings (SSSR count). The SMILES string of the molecule is CC(=O)N[C@@]12CCN(CC(=O)Nc3ccc(C)c(F)c3)C[C@@H]1[C@@H](c1ccccc1)N(C(C)=O)C2. The fourth-order valence-corrected chi connectivity index (χ4v) is 5.44. The summed E-state index contributed by atoms with van der Waals surface area (Å²) in [6.45, 7) is 6.45. The number of anilines is 1. The standard InChI is InChI=1S/C26H31FN4O3/c1-17-9-10-21(13-23(17)27)28-24(34)15-30-12-11-26(29-18(2)32)16-31(19(3)33)25(22(26)14-30)20-7-5-4-6-8-20/h4-10,13,22,25H,11-12,14-16H2,1-3H3,(H,28,34)(H,29,32)/t22-,25-,26-/m1/s1. The molecule has 8 heteroatoms. The predicted molar refractivity (Wildman–Crippen MR) is 127 cm³/mol. The number of likely N-dealkylation sites (tertiary alicyclic amines) is 2. The van der Waals surface area contributed by atoms with E-state index in [9.17, 15) is 18.8 Å². The second-order valence-electron chi connectivity index (χ2n) is 9.44. The van der Waals surface area contributed by atoms with Crippen molar-refractivity contribution in [3.05, 3.63) is 65.5 Å². The number of carbonyl (C=O) groups is 3. The number of nitrogens with zero attached hydrogens (tertiary/aromatic N) is 2. The van der Waals surface area contributed by atoms with E-state index in [0.717, 1.165) is 5.56 Å². The number of aryl methyl sites for hydroxylation is 1. The molecule has 7 nitrogen and oxygen atoms in total. The number of carbonyl (C=O) groups excluding carboxylic acids is 3. The number of fused-ring (bicyclic) bond motifs is 1. The Morgan fingerprint density at radius 2 is 1.85 bits per heavy atom. The van der Waals surface area contributed by atoms with Crippen LogP contribution in [0.2, 0.25) is 0 Å². The van der Waals surface area contributed by atoms with Crippen LogP contribution in [0.1, 0.15) is 37.4 Å². The van der Waals surface area contributed by atoms with E-state index in [2.05, 4.69) is 10.6 Å². The lowest BCUT2D eigenvalue weighted by molar-refractivity contribution is -0.130. The van der Waals surface area contributed by atoms with Gasteiger partial charge in [-0.05, 0) is 36.6 Å². The summed E-state index contributed by atoms with van der Waals surface area (Å²) in [5, 5.41) is 5.94. The Hall–Kier alpha value is -3.26. The summed E-state index contributed by atoms with van der Waals surface area (Å²) >= 11 is 0. The third-order valence-electron chi connectivity index (χ3n) is 7.00. The van der Waals surface area contributed by atoms with E-state index in [1.54, 1.807) is 26.0 Å². The molecule has 0 unspecified atom stereocenters. The van der Waals surface area contributed by atoms with Gasteiger partial charge in [0.2, 0.25) is 17.7 Å². The average Bonchev–Trinajstić information content (AvgIpc) is 3.11. The monoisotopic (exact) mass is 466 g/mol. The van der Waals surface area contributed by atoms with Gasteiger partial charge in [0, 0.05) is 45.1 Å². The molecule has 0 spiro atoms. The molecule has 2 aliphatic rings. The number of hydrogen-bond donors (Lipinski definition) is 2. The van der Waals surface area contributed by atoms with E-state index in [1.807, 2.05) is 40.1 Å². The Kier molecular flexibility index (Phi) is 6.70. The number of rotatable bonds is 5. The van der Waals surface area contributed by atoms with Crippen molar-refractivity contribution in [1.29, 1.82) is 0 Å². The molecule has 0 aliphatic carbocycles. The van der Waals surface area contributed by atoms with E-state index in [4.69, 9.17) is 0 Å². The summed E-state index contributed by atoms with van der Waals surface area (Å²) in [5.41, 5.74) is 1.40. The molecule has 2 heterocycles. The molecule has 3 amide bonds. The summed E-state index contributed by atoms with van der Waals surface area (Å²) in [4.78, 5) is 41.4. The molecule has 0 bridgehead atoms. The molecule has 3 atom stereocenters. The van der Waals surface area contributed by atoms with Gasteiger partial charge in [-0.3, -0.25) is 19.3 Å². The van der Waals surface area contributed by atoms with Crippen molar-refractivity contribution in [3.8, 4) is 0 Å². The number of benzene rings is 2. The lowest BCUT2D eigenvalue weighted by Gasteiger charge is -2.44. The zero-order valence-corrected chi connectivity index (χ0v) is 19.8. The molecular formula is C26H31FN4O3. The van der Waals surface area contributed by atoms with Crippen LogP contribution < -0.4 is 10.6 Å². The molecule has 0 saturated carbocycles. The van der Waals surface area contributed by atoms with Crippen LogP contribution in [0.3, 0.4) is 0 Å². The van der Waals surface area contributed by atoms with Gasteiger partial charge in [-0.2, -0.15) is 0 Å². The van der Waals surface area contributed by atoms with Crippen LogP contribution in [0.25, 0.3) is 0 Å². The molecule has 2 aromatic carbocycles. The molecule has 34 heavy (non-hydrogen) atoms. The third kappa shape index (κ3) is 4.82. The first-order valence-electron chi connectivity index (χ1n) is 11.6. The van der Waals surface area contributed by atoms with Crippen LogP contribution in [0.4, 0.5) is 10.1 Å². The minimum Gasteiger partial charge on any atom is -0.349 e. The maximum atomic E-state index is 13.9. The van der Waals surface area contributed by atoms with Gasteiger partial charge in [-0.25, -0.2) is 4.39 Å². The Labute approximate surface area is 199 Å². The maximum Gasteiger partial charge on any atom is 0.238 e. The second-order valence-corrected chi connectivity index (χ2v) is 9.44. The first-order valence-corrected chi connectivity index (χ1v) is 11.6. The minimum atomic E-state index is -0.551. The first kappa shape index (κ1) is 23.9. The summed E-state index contributed by atoms with van der Waals surface area (Å²) in [6.07, 6.45) is 0.622. The van der Waals surface area contributed by atoms with E-state index in [-0.39, 0.29) is 42.0 Å². The summed E-state index contributed by atoms with van der Waals surface area (Å²) in [6, 6.07) is 14.3. The van der Waals surface area contributed by atoms with Crippen molar-refractivity contribution >= 4 is 23.4 Å². The molecule has 2 fully saturated rings. The first-order chi connectivity index (χ1) is 16.2. The molecule has 2 aliphatic heterocycles. The molecule has 0 radical (unpaired) electrons. The predicted octanol–water partition coefficient (Wildman–Crippen LogP) is 2.87. The second kappa shape index (κ2) is 9.54. The number of amides is 3. The smallest absolute Gasteiger partial charge is 0.238 e. The lowest BCUT2D eigenvalue weighted by Crippen LogP contribution is -2.61. The zero-order chi connectivity index (χ0) is 24.5. The van der Waals surface area contributed by atoms with Crippen LogP contribution in [-0.2, 0) is 14.4 Å². The summed E-state index contributed by atoms with van der Waals surface area (Å²) in [5.74, 6) is -0.848. The van der Waals surface area contributed by atoms with E-state index in [0.29, 0.717) is 37.3 Å². The van der Waals surface area contributed by atoms with Gasteiger partial charge in [0.15, 0.2) is 0 Å². The highest BCUT2D eigenvalue weighted by Crippen LogP contribution is 2.47. The topological polar surface area (TPSA) is 81.8 Å². The quantitative estimate of drug-likeness (QED) is 0.710. The Bertz CT molecular complexity index is 1090. The fourth-order valence-electron chi connectivity index (χ4n) is 5.44. The van der Waals surface area contributed by atoms with Gasteiger partial charge in [0.1, 0.15) is 5.82 Å². The van der Waals surface area contributed by atoms with Crippen LogP contribution >= 0.6 is 0 Å². The van der Waals surface area contributed by atoms with Crippen LogP contribution in [0.15, 0.2) is 48.5 Å². The highest BCUT2D eigenvalue weighted by atomic mass is 19.1. The van der Waals surface area contributed by atoms with Crippen molar-refractivity contribution in [1.82, 2.24) is 15.1 Å². The van der Waals surface area contributed by atoms with E-state index < -0.39 is 5.54 Å².